The molecule has 1 amide bonds. The summed E-state index contributed by atoms with van der Waals surface area (Å²) in [6, 6.07) is 22.2. The van der Waals surface area contributed by atoms with E-state index < -0.39 is 10.1 Å². The molecule has 7 heteroatoms. The second-order valence-electron chi connectivity index (χ2n) is 10.9. The van der Waals surface area contributed by atoms with Gasteiger partial charge in [-0.1, -0.05) is 85.0 Å². The predicted molar refractivity (Wildman–Crippen MR) is 178 cm³/mol. The van der Waals surface area contributed by atoms with Gasteiger partial charge in [0.25, 0.3) is 10.1 Å². The number of unbranched alkanes of at least 4 members (excludes halogenated alkanes) is 1. The third-order valence-electron chi connectivity index (χ3n) is 7.43. The first-order valence-corrected chi connectivity index (χ1v) is 16.0. The summed E-state index contributed by atoms with van der Waals surface area (Å²) in [7, 11) is -3.97. The lowest BCUT2D eigenvalue weighted by molar-refractivity contribution is -0.438. The fourth-order valence-corrected chi connectivity index (χ4v) is 6.03. The van der Waals surface area contributed by atoms with Crippen molar-refractivity contribution in [2.75, 3.05) is 17.2 Å². The minimum atomic E-state index is -3.97. The van der Waals surface area contributed by atoms with Crippen LogP contribution < -0.4 is 4.90 Å². The molecule has 4 rings (SSSR count). The number of nitrogens with zero attached hydrogens (tertiary/aromatic N) is 2. The average molecular weight is 596 g/mol. The molecule has 0 aliphatic carbocycles. The molecular formula is C36H39N2O4S+. The van der Waals surface area contributed by atoms with Crippen molar-refractivity contribution in [3.8, 4) is 0 Å². The SMILES string of the molecule is CC(=O)N(/C=C/C=C/C=C/C=C/C=C/C1=[N+](CCCCS(=O)(=O)O)c2ccc3ccccc3c2C1(C)C)c1ccccc1. The normalized spacial score (nSPS) is 15.3. The van der Waals surface area contributed by atoms with Gasteiger partial charge in [-0.25, -0.2) is 0 Å². The number of rotatable bonds is 12. The zero-order valence-corrected chi connectivity index (χ0v) is 25.7. The molecule has 222 valence electrons. The summed E-state index contributed by atoms with van der Waals surface area (Å²) in [5, 5.41) is 2.40. The molecule has 0 saturated heterocycles. The van der Waals surface area contributed by atoms with Gasteiger partial charge in [0.15, 0.2) is 5.71 Å². The molecule has 1 aliphatic rings. The highest BCUT2D eigenvalue weighted by Crippen LogP contribution is 2.44. The lowest BCUT2D eigenvalue weighted by atomic mass is 9.79. The van der Waals surface area contributed by atoms with Crippen LogP contribution in [0, 0.1) is 0 Å². The van der Waals surface area contributed by atoms with E-state index in [-0.39, 0.29) is 17.1 Å². The lowest BCUT2D eigenvalue weighted by Gasteiger charge is -2.17. The third kappa shape index (κ3) is 8.15. The van der Waals surface area contributed by atoms with Gasteiger partial charge in [-0.15, -0.1) is 0 Å². The van der Waals surface area contributed by atoms with Gasteiger partial charge in [-0.05, 0) is 55.3 Å². The molecule has 3 aromatic rings. The van der Waals surface area contributed by atoms with Gasteiger partial charge in [-0.2, -0.15) is 13.0 Å². The summed E-state index contributed by atoms with van der Waals surface area (Å²) < 4.78 is 33.9. The van der Waals surface area contributed by atoms with Crippen molar-refractivity contribution in [3.63, 3.8) is 0 Å². The number of carbonyl (C=O) groups excluding carboxylic acids is 1. The maximum absolute atomic E-state index is 12.0. The highest BCUT2D eigenvalue weighted by atomic mass is 32.2. The van der Waals surface area contributed by atoms with Crippen LogP contribution >= 0.6 is 0 Å². The first-order valence-electron chi connectivity index (χ1n) is 14.4. The molecule has 0 fully saturated rings. The second-order valence-corrected chi connectivity index (χ2v) is 12.5. The van der Waals surface area contributed by atoms with E-state index in [1.807, 2.05) is 85.0 Å². The Morgan fingerprint density at radius 2 is 1.47 bits per heavy atom. The maximum atomic E-state index is 12.0. The molecule has 1 aliphatic heterocycles. The molecule has 6 nitrogen and oxygen atoms in total. The highest BCUT2D eigenvalue weighted by molar-refractivity contribution is 7.85. The molecule has 0 unspecified atom stereocenters. The van der Waals surface area contributed by atoms with Gasteiger partial charge >= 0.3 is 0 Å². The maximum Gasteiger partial charge on any atom is 0.264 e. The van der Waals surface area contributed by atoms with Crippen molar-refractivity contribution >= 4 is 43.9 Å². The van der Waals surface area contributed by atoms with E-state index in [0.29, 0.717) is 19.4 Å². The Labute approximate surface area is 255 Å². The third-order valence-corrected chi connectivity index (χ3v) is 8.23. The van der Waals surface area contributed by atoms with Crippen LogP contribution in [0.3, 0.4) is 0 Å². The van der Waals surface area contributed by atoms with Crippen LogP contribution in [-0.4, -0.2) is 41.5 Å². The fourth-order valence-electron chi connectivity index (χ4n) is 5.46. The van der Waals surface area contributed by atoms with Crippen LogP contribution in [0.4, 0.5) is 11.4 Å². The zero-order chi connectivity index (χ0) is 30.9. The summed E-state index contributed by atoms with van der Waals surface area (Å²) in [6.45, 7) is 6.64. The van der Waals surface area contributed by atoms with E-state index in [4.69, 9.17) is 4.55 Å². The number of hydrogen-bond acceptors (Lipinski definition) is 3. The zero-order valence-electron chi connectivity index (χ0n) is 24.9. The van der Waals surface area contributed by atoms with Gasteiger partial charge in [0.2, 0.25) is 11.6 Å². The lowest BCUT2D eigenvalue weighted by Crippen LogP contribution is -2.28. The Morgan fingerprint density at radius 3 is 2.14 bits per heavy atom. The van der Waals surface area contributed by atoms with E-state index in [2.05, 4.69) is 54.8 Å². The summed E-state index contributed by atoms with van der Waals surface area (Å²) >= 11 is 0. The van der Waals surface area contributed by atoms with Crippen LogP contribution in [0.15, 0.2) is 128 Å². The number of fused-ring (bicyclic) bond motifs is 3. The van der Waals surface area contributed by atoms with E-state index in [0.717, 1.165) is 17.1 Å². The fraction of sp³-hybridized carbons (Fsp3) is 0.222. The Morgan fingerprint density at radius 1 is 0.837 bits per heavy atom. The minimum absolute atomic E-state index is 0.0580. The molecule has 0 saturated carbocycles. The average Bonchev–Trinajstić information content (AvgIpc) is 3.19. The highest BCUT2D eigenvalue weighted by Gasteiger charge is 2.45. The number of para-hydroxylation sites is 1. The van der Waals surface area contributed by atoms with E-state index in [9.17, 15) is 13.2 Å². The molecule has 43 heavy (non-hydrogen) atoms. The molecule has 1 heterocycles. The largest absolute Gasteiger partial charge is 0.288 e. The topological polar surface area (TPSA) is 77.7 Å². The van der Waals surface area contributed by atoms with Crippen LogP contribution in [0.2, 0.25) is 0 Å². The van der Waals surface area contributed by atoms with Crippen molar-refractivity contribution < 1.29 is 22.3 Å². The summed E-state index contributed by atoms with van der Waals surface area (Å²) in [4.78, 5) is 13.6. The van der Waals surface area contributed by atoms with Crippen molar-refractivity contribution in [2.45, 2.75) is 39.0 Å². The van der Waals surface area contributed by atoms with Gasteiger partial charge in [0, 0.05) is 42.9 Å². The van der Waals surface area contributed by atoms with Crippen LogP contribution in [0.5, 0.6) is 0 Å². The molecule has 1 N–H and O–H groups in total. The molecule has 0 atom stereocenters. The first-order chi connectivity index (χ1) is 20.6. The number of amides is 1. The van der Waals surface area contributed by atoms with Gasteiger partial charge in [0.05, 0.1) is 11.2 Å². The van der Waals surface area contributed by atoms with Gasteiger partial charge < -0.3 is 0 Å². The molecule has 0 aromatic heterocycles. The minimum Gasteiger partial charge on any atom is -0.288 e. The van der Waals surface area contributed by atoms with Crippen molar-refractivity contribution in [3.05, 3.63) is 133 Å². The number of hydrogen-bond donors (Lipinski definition) is 1. The van der Waals surface area contributed by atoms with Crippen LogP contribution in [0.25, 0.3) is 10.8 Å². The Balaban J connectivity index is 1.47. The van der Waals surface area contributed by atoms with Crippen LogP contribution in [-0.2, 0) is 20.3 Å². The Kier molecular flexibility index (Phi) is 10.5. The molecule has 0 spiro atoms. The van der Waals surface area contributed by atoms with Gasteiger partial charge in [-0.3, -0.25) is 14.2 Å². The summed E-state index contributed by atoms with van der Waals surface area (Å²) in [5.74, 6) is -0.293. The molecular weight excluding hydrogens is 556 g/mol. The number of benzene rings is 3. The standard InChI is InChI=1S/C36H38N2O4S/c1-29(39)37(31-20-11-10-12-21-31)26-16-9-7-5-4-6-8-13-23-34-36(2,3)35-32-22-15-14-19-30(32)24-25-33(35)38(34)27-17-18-28-43(40,41)42/h4-16,19-26H,17-18,27-28H2,1-3H3/p+1. The van der Waals surface area contributed by atoms with Crippen molar-refractivity contribution in [1.29, 1.82) is 0 Å². The molecule has 0 radical (unpaired) electrons. The number of carbonyl (C=O) groups is 1. The molecule has 0 bridgehead atoms. The van der Waals surface area contributed by atoms with Crippen LogP contribution in [0.1, 0.15) is 39.2 Å². The smallest absolute Gasteiger partial charge is 0.264 e. The Hall–Kier alpha value is -4.33. The quantitative estimate of drug-likeness (QED) is 0.101. The van der Waals surface area contributed by atoms with E-state index >= 15 is 0 Å². The number of allylic oxidation sites excluding steroid dienone is 9. The van der Waals surface area contributed by atoms with Gasteiger partial charge in [0.1, 0.15) is 6.54 Å². The number of anilines is 1. The second kappa shape index (κ2) is 14.2. The monoisotopic (exact) mass is 595 g/mol. The summed E-state index contributed by atoms with van der Waals surface area (Å²) in [5.41, 5.74) is 4.09. The first kappa shape index (κ1) is 31.6. The summed E-state index contributed by atoms with van der Waals surface area (Å²) in [6.07, 6.45) is 20.3. The van der Waals surface area contributed by atoms with E-state index in [1.54, 1.807) is 11.1 Å². The van der Waals surface area contributed by atoms with Crippen molar-refractivity contribution in [2.24, 2.45) is 0 Å². The van der Waals surface area contributed by atoms with E-state index in [1.165, 1.54) is 23.3 Å². The Bertz CT molecular complexity index is 1740. The van der Waals surface area contributed by atoms with Crippen molar-refractivity contribution in [1.82, 2.24) is 0 Å². The molecule has 3 aromatic carbocycles. The predicted octanol–water partition coefficient (Wildman–Crippen LogP) is 7.68.